The van der Waals surface area contributed by atoms with E-state index in [0.29, 0.717) is 11.8 Å². The predicted molar refractivity (Wildman–Crippen MR) is 83.3 cm³/mol. The van der Waals surface area contributed by atoms with Crippen molar-refractivity contribution in [3.63, 3.8) is 0 Å². The average Bonchev–Trinajstić information content (AvgIpc) is 2.30. The van der Waals surface area contributed by atoms with E-state index in [9.17, 15) is 4.79 Å². The maximum Gasteiger partial charge on any atom is 0.219 e. The van der Waals surface area contributed by atoms with Gasteiger partial charge >= 0.3 is 0 Å². The fraction of sp³-hybridized carbons (Fsp3) is 0.938. The molecule has 0 rings (SSSR count). The molecule has 0 saturated heterocycles. The summed E-state index contributed by atoms with van der Waals surface area (Å²) in [5.74, 6) is 0.891. The monoisotopic (exact) mass is 270 g/mol. The van der Waals surface area contributed by atoms with Gasteiger partial charge in [-0.1, -0.05) is 41.5 Å². The quantitative estimate of drug-likeness (QED) is 0.697. The van der Waals surface area contributed by atoms with E-state index in [1.54, 1.807) is 0 Å². The highest BCUT2D eigenvalue weighted by Crippen LogP contribution is 2.19. The van der Waals surface area contributed by atoms with Gasteiger partial charge in [0.15, 0.2) is 0 Å². The highest BCUT2D eigenvalue weighted by Gasteiger charge is 2.13. The van der Waals surface area contributed by atoms with Gasteiger partial charge in [-0.25, -0.2) is 0 Å². The third kappa shape index (κ3) is 12.2. The minimum atomic E-state index is 0.152. The highest BCUT2D eigenvalue weighted by molar-refractivity contribution is 5.75. The maximum atomic E-state index is 11.2. The number of carbonyl (C=O) groups is 1. The summed E-state index contributed by atoms with van der Waals surface area (Å²) in [5.41, 5.74) is 0.378. The fourth-order valence-electron chi connectivity index (χ4n) is 1.75. The minimum absolute atomic E-state index is 0.152. The average molecular weight is 270 g/mol. The van der Waals surface area contributed by atoms with Gasteiger partial charge in [-0.15, -0.1) is 0 Å². The lowest BCUT2D eigenvalue weighted by Crippen LogP contribution is -2.37. The second-order valence-electron chi connectivity index (χ2n) is 7.04. The first-order valence-electron chi connectivity index (χ1n) is 7.73. The molecule has 114 valence electrons. The van der Waals surface area contributed by atoms with Gasteiger partial charge in [0.2, 0.25) is 5.91 Å². The van der Waals surface area contributed by atoms with Gasteiger partial charge < -0.3 is 10.2 Å². The summed E-state index contributed by atoms with van der Waals surface area (Å²) in [5, 5.41) is 2.97. The summed E-state index contributed by atoms with van der Waals surface area (Å²) in [4.78, 5) is 13.7. The molecule has 0 bridgehead atoms. The molecule has 0 radical (unpaired) electrons. The van der Waals surface area contributed by atoms with Crippen LogP contribution in [0.5, 0.6) is 0 Å². The lowest BCUT2D eigenvalue weighted by Gasteiger charge is -2.27. The number of hydrogen-bond acceptors (Lipinski definition) is 2. The van der Waals surface area contributed by atoms with E-state index >= 15 is 0 Å². The van der Waals surface area contributed by atoms with Gasteiger partial charge in [0.1, 0.15) is 0 Å². The Hall–Kier alpha value is -0.570. The molecule has 1 N–H and O–H groups in total. The minimum Gasteiger partial charge on any atom is -0.355 e. The molecule has 0 aliphatic heterocycles. The molecule has 0 heterocycles. The maximum absolute atomic E-state index is 11.2. The largest absolute Gasteiger partial charge is 0.355 e. The molecule has 3 heteroatoms. The zero-order valence-electron chi connectivity index (χ0n) is 13.9. The summed E-state index contributed by atoms with van der Waals surface area (Å²) >= 11 is 0. The second kappa shape index (κ2) is 9.35. The molecule has 0 aromatic heterocycles. The first kappa shape index (κ1) is 18.4. The van der Waals surface area contributed by atoms with Crippen LogP contribution in [0.3, 0.4) is 0 Å². The molecule has 0 aromatic rings. The van der Waals surface area contributed by atoms with Crippen LogP contribution in [0.4, 0.5) is 0 Å². The van der Waals surface area contributed by atoms with Gasteiger partial charge in [-0.2, -0.15) is 0 Å². The molecular formula is C16H34N2O. The number of hydrogen-bond donors (Lipinski definition) is 1. The lowest BCUT2D eigenvalue weighted by molar-refractivity contribution is -0.120. The summed E-state index contributed by atoms with van der Waals surface area (Å²) < 4.78 is 0. The van der Waals surface area contributed by atoms with Crippen LogP contribution in [0.2, 0.25) is 0 Å². The van der Waals surface area contributed by atoms with Gasteiger partial charge in [0, 0.05) is 19.5 Å². The predicted octanol–water partition coefficient (Wildman–Crippen LogP) is 3.30. The topological polar surface area (TPSA) is 32.3 Å². The van der Waals surface area contributed by atoms with E-state index in [1.165, 1.54) is 12.8 Å². The molecule has 0 unspecified atom stereocenters. The Morgan fingerprint density at radius 3 is 2.26 bits per heavy atom. The Balaban J connectivity index is 4.06. The van der Waals surface area contributed by atoms with Crippen molar-refractivity contribution < 1.29 is 4.79 Å². The Labute approximate surface area is 120 Å². The van der Waals surface area contributed by atoms with E-state index < -0.39 is 0 Å². The van der Waals surface area contributed by atoms with Gasteiger partial charge in [-0.3, -0.25) is 4.79 Å². The van der Waals surface area contributed by atoms with Crippen LogP contribution in [0, 0.1) is 11.3 Å². The second-order valence-corrected chi connectivity index (χ2v) is 7.04. The number of nitrogens with zero attached hydrogens (tertiary/aromatic N) is 1. The molecule has 0 aliphatic carbocycles. The van der Waals surface area contributed by atoms with Crippen molar-refractivity contribution in [2.45, 2.75) is 60.8 Å². The van der Waals surface area contributed by atoms with Crippen LogP contribution < -0.4 is 5.32 Å². The molecular weight excluding hydrogens is 236 g/mol. The fourth-order valence-corrected chi connectivity index (χ4v) is 1.75. The number of carbonyl (C=O) groups excluding carboxylic acids is 1. The van der Waals surface area contributed by atoms with Crippen molar-refractivity contribution >= 4 is 5.91 Å². The molecule has 0 atom stereocenters. The summed E-state index contributed by atoms with van der Waals surface area (Å²) in [6.07, 6.45) is 3.01. The molecule has 3 nitrogen and oxygen atoms in total. The van der Waals surface area contributed by atoms with Gasteiger partial charge in [-0.05, 0) is 37.3 Å². The molecule has 0 fully saturated rings. The normalized spacial score (nSPS) is 12.2. The van der Waals surface area contributed by atoms with Crippen molar-refractivity contribution in [1.29, 1.82) is 0 Å². The zero-order valence-corrected chi connectivity index (χ0v) is 13.9. The van der Waals surface area contributed by atoms with Gasteiger partial charge in [0.25, 0.3) is 0 Å². The smallest absolute Gasteiger partial charge is 0.219 e. The molecule has 19 heavy (non-hydrogen) atoms. The van der Waals surface area contributed by atoms with E-state index in [-0.39, 0.29) is 5.91 Å². The van der Waals surface area contributed by atoms with E-state index in [1.807, 2.05) is 6.92 Å². The standard InChI is InChI=1S/C16H34N2O/c1-7-15(19)17-10-13-18(11-8-14(2)3)12-9-16(4,5)6/h14H,7-13H2,1-6H3,(H,17,19). The molecule has 0 spiro atoms. The van der Waals surface area contributed by atoms with Crippen LogP contribution in [0.25, 0.3) is 0 Å². The molecule has 0 saturated carbocycles. The van der Waals surface area contributed by atoms with Crippen molar-refractivity contribution in [2.75, 3.05) is 26.2 Å². The summed E-state index contributed by atoms with van der Waals surface area (Å²) in [6, 6.07) is 0. The Morgan fingerprint density at radius 2 is 1.79 bits per heavy atom. The third-order valence-electron chi connectivity index (χ3n) is 3.27. The van der Waals surface area contributed by atoms with Gasteiger partial charge in [0.05, 0.1) is 0 Å². The Morgan fingerprint density at radius 1 is 1.16 bits per heavy atom. The summed E-state index contributed by atoms with van der Waals surface area (Å²) in [6.45, 7) is 17.3. The van der Waals surface area contributed by atoms with Crippen LogP contribution in [0.15, 0.2) is 0 Å². The molecule has 0 aliphatic rings. The molecule has 1 amide bonds. The Kier molecular flexibility index (Phi) is 9.07. The lowest BCUT2D eigenvalue weighted by atomic mass is 9.92. The van der Waals surface area contributed by atoms with Crippen molar-refractivity contribution in [2.24, 2.45) is 11.3 Å². The van der Waals surface area contributed by atoms with Crippen LogP contribution in [0.1, 0.15) is 60.8 Å². The third-order valence-corrected chi connectivity index (χ3v) is 3.27. The van der Waals surface area contributed by atoms with Crippen LogP contribution in [-0.2, 0) is 4.79 Å². The highest BCUT2D eigenvalue weighted by atomic mass is 16.1. The van der Waals surface area contributed by atoms with E-state index in [4.69, 9.17) is 0 Å². The van der Waals surface area contributed by atoms with E-state index in [0.717, 1.165) is 32.1 Å². The first-order chi connectivity index (χ1) is 8.74. The van der Waals surface area contributed by atoms with Crippen LogP contribution in [-0.4, -0.2) is 37.0 Å². The first-order valence-corrected chi connectivity index (χ1v) is 7.73. The zero-order chi connectivity index (χ0) is 14.9. The number of nitrogens with one attached hydrogen (secondary N) is 1. The van der Waals surface area contributed by atoms with Crippen molar-refractivity contribution in [3.05, 3.63) is 0 Å². The SMILES string of the molecule is CCC(=O)NCCN(CCC(C)C)CCC(C)(C)C. The summed E-state index contributed by atoms with van der Waals surface area (Å²) in [7, 11) is 0. The number of amides is 1. The Bertz CT molecular complexity index is 244. The van der Waals surface area contributed by atoms with Crippen LogP contribution >= 0.6 is 0 Å². The number of rotatable bonds is 9. The van der Waals surface area contributed by atoms with E-state index in [2.05, 4.69) is 44.8 Å². The van der Waals surface area contributed by atoms with Crippen molar-refractivity contribution in [3.8, 4) is 0 Å². The molecule has 0 aromatic carbocycles. The van der Waals surface area contributed by atoms with Crippen molar-refractivity contribution in [1.82, 2.24) is 10.2 Å².